The van der Waals surface area contributed by atoms with Crippen LogP contribution in [0.5, 0.6) is 5.75 Å². The van der Waals surface area contributed by atoms with Crippen molar-refractivity contribution in [1.82, 2.24) is 14.8 Å². The second kappa shape index (κ2) is 4.55. The average Bonchev–Trinajstić information content (AvgIpc) is 3.00. The number of rotatable bonds is 3. The van der Waals surface area contributed by atoms with Gasteiger partial charge < -0.3 is 9.15 Å². The summed E-state index contributed by atoms with van der Waals surface area (Å²) in [5.74, 6) is 2.08. The summed E-state index contributed by atoms with van der Waals surface area (Å²) in [7, 11) is 1.62. The van der Waals surface area contributed by atoms with Gasteiger partial charge in [-0.2, -0.15) is 5.10 Å². The maximum Gasteiger partial charge on any atom is 0.198 e. The molecule has 0 amide bonds. The van der Waals surface area contributed by atoms with Crippen LogP contribution in [0.2, 0.25) is 0 Å². The Kier molecular flexibility index (Phi) is 2.87. The minimum atomic E-state index is 0.588. The highest BCUT2D eigenvalue weighted by atomic mass is 32.1. The van der Waals surface area contributed by atoms with Gasteiger partial charge in [0.15, 0.2) is 27.7 Å². The third-order valence-electron chi connectivity index (χ3n) is 3.02. The summed E-state index contributed by atoms with van der Waals surface area (Å²) in [6.07, 6.45) is 0. The highest BCUT2D eigenvalue weighted by Crippen LogP contribution is 2.32. The molecule has 0 radical (unpaired) electrons. The van der Waals surface area contributed by atoms with Gasteiger partial charge in [0.25, 0.3) is 0 Å². The Morgan fingerprint density at radius 1 is 1.47 bits per heavy atom. The number of fused-ring (bicyclic) bond motifs is 1. The van der Waals surface area contributed by atoms with Crippen LogP contribution in [-0.2, 0) is 6.54 Å². The van der Waals surface area contributed by atoms with Crippen LogP contribution in [0.3, 0.4) is 0 Å². The molecule has 0 saturated carbocycles. The summed E-state index contributed by atoms with van der Waals surface area (Å²) in [5.41, 5.74) is 0.719. The van der Waals surface area contributed by atoms with E-state index in [1.807, 2.05) is 35.8 Å². The average molecular weight is 275 g/mol. The summed E-state index contributed by atoms with van der Waals surface area (Å²) in [5, 5.41) is 7.98. The first-order valence-electron chi connectivity index (χ1n) is 5.96. The number of aromatic nitrogens is 3. The van der Waals surface area contributed by atoms with Crippen molar-refractivity contribution in [3.05, 3.63) is 29.0 Å². The molecule has 19 heavy (non-hydrogen) atoms. The number of methoxy groups -OCH3 is 1. The minimum absolute atomic E-state index is 0.588. The number of hydrogen-bond donors (Lipinski definition) is 1. The van der Waals surface area contributed by atoms with Gasteiger partial charge in [0.1, 0.15) is 0 Å². The standard InChI is InChI=1S/C13H13N3O2S/c1-3-16-12(14-15-13(16)19)10-7-8-5-4-6-9(17-2)11(8)18-10/h4-7H,3H2,1-2H3,(H,15,19). The molecule has 1 N–H and O–H groups in total. The lowest BCUT2D eigenvalue weighted by molar-refractivity contribution is 0.410. The largest absolute Gasteiger partial charge is 0.493 e. The number of aromatic amines is 1. The van der Waals surface area contributed by atoms with E-state index in [-0.39, 0.29) is 0 Å². The van der Waals surface area contributed by atoms with E-state index in [1.165, 1.54) is 0 Å². The molecular formula is C13H13N3O2S. The zero-order chi connectivity index (χ0) is 13.4. The van der Waals surface area contributed by atoms with Crippen LogP contribution in [0.4, 0.5) is 0 Å². The molecule has 0 aliphatic rings. The molecule has 2 heterocycles. The normalized spacial score (nSPS) is 11.1. The zero-order valence-corrected chi connectivity index (χ0v) is 11.5. The summed E-state index contributed by atoms with van der Waals surface area (Å²) in [6, 6.07) is 7.71. The van der Waals surface area contributed by atoms with Crippen LogP contribution in [-0.4, -0.2) is 21.9 Å². The van der Waals surface area contributed by atoms with Crippen LogP contribution in [0.1, 0.15) is 6.92 Å². The smallest absolute Gasteiger partial charge is 0.198 e. The molecule has 3 aromatic rings. The van der Waals surface area contributed by atoms with Crippen LogP contribution in [0.25, 0.3) is 22.6 Å². The Bertz CT molecular complexity index is 785. The van der Waals surface area contributed by atoms with Crippen LogP contribution >= 0.6 is 12.2 Å². The van der Waals surface area contributed by atoms with Crippen molar-refractivity contribution in [2.75, 3.05) is 7.11 Å². The molecule has 0 fully saturated rings. The molecule has 3 rings (SSSR count). The van der Waals surface area contributed by atoms with Crippen molar-refractivity contribution in [2.24, 2.45) is 0 Å². The Balaban J connectivity index is 2.23. The maximum absolute atomic E-state index is 5.86. The lowest BCUT2D eigenvalue weighted by atomic mass is 10.2. The summed E-state index contributed by atoms with van der Waals surface area (Å²) in [4.78, 5) is 0. The minimum Gasteiger partial charge on any atom is -0.493 e. The molecule has 0 spiro atoms. The highest BCUT2D eigenvalue weighted by Gasteiger charge is 2.14. The van der Waals surface area contributed by atoms with E-state index < -0.39 is 0 Å². The van der Waals surface area contributed by atoms with Crippen molar-refractivity contribution in [3.63, 3.8) is 0 Å². The topological polar surface area (TPSA) is 56.0 Å². The maximum atomic E-state index is 5.86. The first-order valence-corrected chi connectivity index (χ1v) is 6.37. The van der Waals surface area contributed by atoms with Crippen molar-refractivity contribution >= 4 is 23.2 Å². The lowest BCUT2D eigenvalue weighted by Crippen LogP contribution is -1.96. The fraction of sp³-hybridized carbons (Fsp3) is 0.231. The van der Waals surface area contributed by atoms with E-state index in [9.17, 15) is 0 Å². The van der Waals surface area contributed by atoms with Crippen molar-refractivity contribution in [3.8, 4) is 17.3 Å². The van der Waals surface area contributed by atoms with Gasteiger partial charge in [0.05, 0.1) is 7.11 Å². The number of nitrogens with zero attached hydrogens (tertiary/aromatic N) is 2. The van der Waals surface area contributed by atoms with E-state index >= 15 is 0 Å². The molecule has 5 nitrogen and oxygen atoms in total. The van der Waals surface area contributed by atoms with Crippen LogP contribution < -0.4 is 4.74 Å². The second-order valence-corrected chi connectivity index (χ2v) is 4.47. The van der Waals surface area contributed by atoms with Crippen molar-refractivity contribution < 1.29 is 9.15 Å². The van der Waals surface area contributed by atoms with Gasteiger partial charge in [-0.3, -0.25) is 9.67 Å². The van der Waals surface area contributed by atoms with Gasteiger partial charge in [-0.1, -0.05) is 12.1 Å². The number of benzene rings is 1. The molecule has 0 atom stereocenters. The number of H-pyrrole nitrogens is 1. The molecule has 0 saturated heterocycles. The first-order chi connectivity index (χ1) is 9.24. The molecule has 2 aromatic heterocycles. The number of para-hydroxylation sites is 1. The first kappa shape index (κ1) is 12.0. The van der Waals surface area contributed by atoms with Gasteiger partial charge in [-0.05, 0) is 31.3 Å². The Morgan fingerprint density at radius 2 is 2.32 bits per heavy atom. The number of ether oxygens (including phenoxy) is 1. The molecule has 0 aliphatic carbocycles. The molecule has 1 aromatic carbocycles. The molecule has 0 aliphatic heterocycles. The zero-order valence-electron chi connectivity index (χ0n) is 10.6. The highest BCUT2D eigenvalue weighted by molar-refractivity contribution is 7.71. The number of nitrogens with one attached hydrogen (secondary N) is 1. The molecule has 0 bridgehead atoms. The number of hydrogen-bond acceptors (Lipinski definition) is 4. The van der Waals surface area contributed by atoms with Gasteiger partial charge in [-0.25, -0.2) is 0 Å². The summed E-state index contributed by atoms with van der Waals surface area (Å²) >= 11 is 5.18. The Labute approximate surface area is 114 Å². The van der Waals surface area contributed by atoms with Gasteiger partial charge >= 0.3 is 0 Å². The fourth-order valence-electron chi connectivity index (χ4n) is 2.11. The lowest BCUT2D eigenvalue weighted by Gasteiger charge is -2.00. The Morgan fingerprint density at radius 3 is 3.05 bits per heavy atom. The Hall–Kier alpha value is -2.08. The molecule has 98 valence electrons. The van der Waals surface area contributed by atoms with E-state index in [2.05, 4.69) is 10.2 Å². The quantitative estimate of drug-likeness (QED) is 0.744. The predicted octanol–water partition coefficient (Wildman–Crippen LogP) is 3.38. The van der Waals surface area contributed by atoms with Crippen molar-refractivity contribution in [1.29, 1.82) is 0 Å². The molecule has 6 heteroatoms. The number of furan rings is 1. The van der Waals surface area contributed by atoms with Crippen LogP contribution in [0, 0.1) is 4.77 Å². The van der Waals surface area contributed by atoms with Crippen LogP contribution in [0.15, 0.2) is 28.7 Å². The summed E-state index contributed by atoms with van der Waals surface area (Å²) in [6.45, 7) is 2.75. The van der Waals surface area contributed by atoms with Gasteiger partial charge in [0, 0.05) is 11.9 Å². The summed E-state index contributed by atoms with van der Waals surface area (Å²) < 4.78 is 13.6. The van der Waals surface area contributed by atoms with E-state index in [0.717, 1.165) is 17.5 Å². The molecule has 0 unspecified atom stereocenters. The fourth-order valence-corrected chi connectivity index (χ4v) is 2.37. The van der Waals surface area contributed by atoms with Gasteiger partial charge in [0.2, 0.25) is 0 Å². The third-order valence-corrected chi connectivity index (χ3v) is 3.33. The monoisotopic (exact) mass is 275 g/mol. The van der Waals surface area contributed by atoms with Crippen molar-refractivity contribution in [2.45, 2.75) is 13.5 Å². The SMILES string of the molecule is CCn1c(-c2cc3cccc(OC)c3o2)n[nH]c1=S. The van der Waals surface area contributed by atoms with E-state index in [0.29, 0.717) is 22.1 Å². The van der Waals surface area contributed by atoms with Gasteiger partial charge in [-0.15, -0.1) is 0 Å². The third kappa shape index (κ3) is 1.84. The van der Waals surface area contributed by atoms with E-state index in [4.69, 9.17) is 21.4 Å². The predicted molar refractivity (Wildman–Crippen MR) is 74.8 cm³/mol. The van der Waals surface area contributed by atoms with E-state index in [1.54, 1.807) is 7.11 Å². The second-order valence-electron chi connectivity index (χ2n) is 4.09. The molecular weight excluding hydrogens is 262 g/mol.